The Kier molecular flexibility index (Phi) is 4.08. The molecule has 0 saturated carbocycles. The lowest BCUT2D eigenvalue weighted by Crippen LogP contribution is -1.87. The molecule has 2 aromatic carbocycles. The molecule has 0 aliphatic heterocycles. The Morgan fingerprint density at radius 2 is 1.91 bits per heavy atom. The number of halogens is 1. The second-order valence-electron chi connectivity index (χ2n) is 4.96. The number of ether oxygens (including phenoxy) is 1. The number of pyridine rings is 1. The summed E-state index contributed by atoms with van der Waals surface area (Å²) in [5.74, 6) is 0.447. The van der Waals surface area contributed by atoms with Crippen molar-refractivity contribution >= 4 is 34.7 Å². The molecule has 0 spiro atoms. The molecule has 0 fully saturated rings. The Labute approximate surface area is 138 Å². The van der Waals surface area contributed by atoms with Crippen LogP contribution >= 0.6 is 11.6 Å². The van der Waals surface area contributed by atoms with Crippen molar-refractivity contribution in [2.75, 3.05) is 7.11 Å². The van der Waals surface area contributed by atoms with Gasteiger partial charge in [-0.3, -0.25) is 0 Å². The normalized spacial score (nSPS) is 11.2. The van der Waals surface area contributed by atoms with Crippen LogP contribution in [-0.2, 0) is 0 Å². The second-order valence-corrected chi connectivity index (χ2v) is 5.40. The Hall–Kier alpha value is -2.72. The summed E-state index contributed by atoms with van der Waals surface area (Å²) in [6.45, 7) is 0. The van der Waals surface area contributed by atoms with Crippen LogP contribution in [0.3, 0.4) is 0 Å². The number of para-hydroxylation sites is 1. The maximum atomic E-state index is 10.1. The molecule has 0 atom stereocenters. The van der Waals surface area contributed by atoms with E-state index in [1.54, 1.807) is 36.4 Å². The van der Waals surface area contributed by atoms with Crippen molar-refractivity contribution in [2.45, 2.75) is 0 Å². The van der Waals surface area contributed by atoms with Crippen molar-refractivity contribution in [3.8, 4) is 17.2 Å². The van der Waals surface area contributed by atoms with Crippen LogP contribution in [0, 0.1) is 0 Å². The van der Waals surface area contributed by atoms with Crippen molar-refractivity contribution in [3.63, 3.8) is 0 Å². The Balaban J connectivity index is 2.00. The highest BCUT2D eigenvalue weighted by atomic mass is 35.5. The third-order valence-electron chi connectivity index (χ3n) is 3.44. The Bertz CT molecular complexity index is 906. The van der Waals surface area contributed by atoms with Crippen molar-refractivity contribution in [3.05, 3.63) is 58.7 Å². The topological polar surface area (TPSA) is 62.6 Å². The van der Waals surface area contributed by atoms with Crippen LogP contribution in [0.5, 0.6) is 17.2 Å². The van der Waals surface area contributed by atoms with Crippen molar-refractivity contribution in [2.24, 2.45) is 0 Å². The van der Waals surface area contributed by atoms with E-state index >= 15 is 0 Å². The average Bonchev–Trinajstić information content (AvgIpc) is 2.56. The molecule has 0 radical (unpaired) electrons. The maximum Gasteiger partial charge on any atom is 0.165 e. The van der Waals surface area contributed by atoms with Crippen molar-refractivity contribution < 1.29 is 14.9 Å². The number of aromatic hydroxyl groups is 2. The molecule has 0 aliphatic carbocycles. The number of phenols is 2. The number of phenolic OH excluding ortho intramolecular Hbond substituents is 2. The maximum absolute atomic E-state index is 10.1. The lowest BCUT2D eigenvalue weighted by molar-refractivity contribution is 0.373. The van der Waals surface area contributed by atoms with Gasteiger partial charge < -0.3 is 14.9 Å². The highest BCUT2D eigenvalue weighted by molar-refractivity contribution is 6.31. The van der Waals surface area contributed by atoms with Gasteiger partial charge in [0.25, 0.3) is 0 Å². The first-order valence-corrected chi connectivity index (χ1v) is 7.29. The summed E-state index contributed by atoms with van der Waals surface area (Å²) in [6, 6.07) is 12.1. The summed E-state index contributed by atoms with van der Waals surface area (Å²) in [6.07, 6.45) is 3.43. The van der Waals surface area contributed by atoms with Gasteiger partial charge in [0.1, 0.15) is 11.3 Å². The summed E-state index contributed by atoms with van der Waals surface area (Å²) in [5.41, 5.74) is 1.70. The summed E-state index contributed by atoms with van der Waals surface area (Å²) >= 11 is 6.01. The molecular weight excluding hydrogens is 314 g/mol. The van der Waals surface area contributed by atoms with Gasteiger partial charge in [0.15, 0.2) is 11.5 Å². The summed E-state index contributed by atoms with van der Waals surface area (Å²) < 4.78 is 5.07. The Morgan fingerprint density at radius 1 is 1.09 bits per heavy atom. The van der Waals surface area contributed by atoms with Crippen LogP contribution in [0.4, 0.5) is 0 Å². The number of benzene rings is 2. The number of hydrogen-bond acceptors (Lipinski definition) is 4. The summed E-state index contributed by atoms with van der Waals surface area (Å²) in [5, 5.41) is 21.3. The molecular formula is C18H14ClNO3. The SMILES string of the molecule is COc1cc(Cl)cc(C=Cc2ccc3cccc(O)c3n2)c1O. The molecule has 0 saturated heterocycles. The van der Waals surface area contributed by atoms with E-state index in [9.17, 15) is 10.2 Å². The fourth-order valence-corrected chi connectivity index (χ4v) is 2.51. The lowest BCUT2D eigenvalue weighted by Gasteiger charge is -2.07. The minimum Gasteiger partial charge on any atom is -0.506 e. The van der Waals surface area contributed by atoms with Gasteiger partial charge in [-0.25, -0.2) is 4.98 Å². The largest absolute Gasteiger partial charge is 0.506 e. The van der Waals surface area contributed by atoms with Gasteiger partial charge in [0.2, 0.25) is 0 Å². The third kappa shape index (κ3) is 3.07. The standard InChI is InChI=1S/C18H14ClNO3/c1-23-16-10-13(19)9-12(18(16)22)6-8-14-7-5-11-3-2-4-15(21)17(11)20-14/h2-10,21-22H,1H3. The average molecular weight is 328 g/mol. The number of nitrogens with zero attached hydrogens (tertiary/aromatic N) is 1. The molecule has 0 bridgehead atoms. The van der Waals surface area contributed by atoms with Gasteiger partial charge in [0.05, 0.1) is 12.8 Å². The van der Waals surface area contributed by atoms with Crippen LogP contribution in [0.1, 0.15) is 11.3 Å². The number of fused-ring (bicyclic) bond motifs is 1. The van der Waals surface area contributed by atoms with Crippen LogP contribution in [0.15, 0.2) is 42.5 Å². The molecule has 1 aromatic heterocycles. The first-order chi connectivity index (χ1) is 11.1. The van der Waals surface area contributed by atoms with Gasteiger partial charge in [-0.1, -0.05) is 29.8 Å². The minimum atomic E-state index is 0.0109. The molecule has 116 valence electrons. The quantitative estimate of drug-likeness (QED) is 0.744. The van der Waals surface area contributed by atoms with Crippen LogP contribution in [0.25, 0.3) is 23.1 Å². The first-order valence-electron chi connectivity index (χ1n) is 6.92. The molecule has 3 aromatic rings. The first kappa shape index (κ1) is 15.2. The van der Waals surface area contributed by atoms with E-state index < -0.39 is 0 Å². The smallest absolute Gasteiger partial charge is 0.165 e. The fourth-order valence-electron chi connectivity index (χ4n) is 2.29. The van der Waals surface area contributed by atoms with Crippen LogP contribution < -0.4 is 4.74 Å². The highest BCUT2D eigenvalue weighted by Gasteiger charge is 2.08. The van der Waals surface area contributed by atoms with Crippen LogP contribution in [0.2, 0.25) is 5.02 Å². The summed E-state index contributed by atoms with van der Waals surface area (Å²) in [7, 11) is 1.46. The van der Waals surface area contributed by atoms with Crippen molar-refractivity contribution in [1.82, 2.24) is 4.98 Å². The van der Waals surface area contributed by atoms with Crippen LogP contribution in [-0.4, -0.2) is 22.3 Å². The van der Waals surface area contributed by atoms with Gasteiger partial charge in [-0.15, -0.1) is 0 Å². The monoisotopic (exact) mass is 327 g/mol. The summed E-state index contributed by atoms with van der Waals surface area (Å²) in [4.78, 5) is 4.40. The molecule has 1 heterocycles. The zero-order chi connectivity index (χ0) is 16.4. The van der Waals surface area contributed by atoms with E-state index in [2.05, 4.69) is 4.98 Å². The molecule has 0 aliphatic rings. The molecule has 0 unspecified atom stereocenters. The molecule has 3 rings (SSSR count). The van der Waals surface area contributed by atoms with Gasteiger partial charge in [0, 0.05) is 22.0 Å². The molecule has 2 N–H and O–H groups in total. The van der Waals surface area contributed by atoms with E-state index in [1.165, 1.54) is 7.11 Å². The lowest BCUT2D eigenvalue weighted by atomic mass is 10.1. The van der Waals surface area contributed by atoms with Gasteiger partial charge >= 0.3 is 0 Å². The van der Waals surface area contributed by atoms with E-state index in [0.29, 0.717) is 27.5 Å². The zero-order valence-electron chi connectivity index (χ0n) is 12.3. The van der Waals surface area contributed by atoms with E-state index in [0.717, 1.165) is 5.39 Å². The number of hydrogen-bond donors (Lipinski definition) is 2. The molecule has 5 heteroatoms. The van der Waals surface area contributed by atoms with E-state index in [1.807, 2.05) is 18.2 Å². The zero-order valence-corrected chi connectivity index (χ0v) is 13.1. The van der Waals surface area contributed by atoms with Gasteiger partial charge in [-0.05, 0) is 30.4 Å². The predicted molar refractivity (Wildman–Crippen MR) is 92.0 cm³/mol. The number of aromatic nitrogens is 1. The third-order valence-corrected chi connectivity index (χ3v) is 3.66. The van der Waals surface area contributed by atoms with E-state index in [4.69, 9.17) is 16.3 Å². The molecule has 4 nitrogen and oxygen atoms in total. The number of methoxy groups -OCH3 is 1. The van der Waals surface area contributed by atoms with E-state index in [-0.39, 0.29) is 11.5 Å². The Morgan fingerprint density at radius 3 is 2.70 bits per heavy atom. The highest BCUT2D eigenvalue weighted by Crippen LogP contribution is 2.34. The minimum absolute atomic E-state index is 0.0109. The molecule has 0 amide bonds. The second kappa shape index (κ2) is 6.18. The molecule has 23 heavy (non-hydrogen) atoms. The fraction of sp³-hybridized carbons (Fsp3) is 0.0556. The van der Waals surface area contributed by atoms with Crippen molar-refractivity contribution in [1.29, 1.82) is 0 Å². The van der Waals surface area contributed by atoms with Gasteiger partial charge in [-0.2, -0.15) is 0 Å². The number of rotatable bonds is 3. The predicted octanol–water partition coefficient (Wildman–Crippen LogP) is 4.48.